The van der Waals surface area contributed by atoms with Crippen molar-refractivity contribution in [1.29, 1.82) is 0 Å². The van der Waals surface area contributed by atoms with Crippen molar-refractivity contribution < 1.29 is 22.8 Å². The summed E-state index contributed by atoms with van der Waals surface area (Å²) in [6, 6.07) is 12.0. The molecule has 6 nitrogen and oxygen atoms in total. The first kappa shape index (κ1) is 25.2. The van der Waals surface area contributed by atoms with E-state index >= 15 is 0 Å². The maximum absolute atomic E-state index is 13.3. The van der Waals surface area contributed by atoms with E-state index in [0.717, 1.165) is 27.5 Å². The lowest BCUT2D eigenvalue weighted by Crippen LogP contribution is -2.21. The summed E-state index contributed by atoms with van der Waals surface area (Å²) in [7, 11) is 0. The van der Waals surface area contributed by atoms with Crippen molar-refractivity contribution in [3.8, 4) is 5.69 Å². The molecule has 0 bridgehead atoms. The molecule has 1 N–H and O–H groups in total. The molecule has 0 fully saturated rings. The summed E-state index contributed by atoms with van der Waals surface area (Å²) in [5, 5.41) is 11.3. The number of aromatic nitrogens is 3. The quantitative estimate of drug-likeness (QED) is 0.166. The second-order valence-corrected chi connectivity index (χ2v) is 9.28. The third kappa shape index (κ3) is 7.03. The predicted molar refractivity (Wildman–Crippen MR) is 128 cm³/mol. The van der Waals surface area contributed by atoms with E-state index in [0.29, 0.717) is 35.9 Å². The summed E-state index contributed by atoms with van der Waals surface area (Å²) in [5.41, 5.74) is 0.0148. The maximum atomic E-state index is 13.3. The van der Waals surface area contributed by atoms with E-state index in [-0.39, 0.29) is 23.1 Å². The summed E-state index contributed by atoms with van der Waals surface area (Å²) in [6.45, 7) is 1.81. The highest BCUT2D eigenvalue weighted by molar-refractivity contribution is 14.1. The lowest BCUT2D eigenvalue weighted by molar-refractivity contribution is -0.137. The SMILES string of the molecule is CC(=O)NCCCc1nnc(SCC(=O)c2ccc(I)cc2)n1-c1cccc(C(F)(F)F)c1. The van der Waals surface area contributed by atoms with Gasteiger partial charge in [-0.1, -0.05) is 30.0 Å². The number of carbonyl (C=O) groups is 2. The van der Waals surface area contributed by atoms with Crippen LogP contribution in [0.5, 0.6) is 0 Å². The number of alkyl halides is 3. The van der Waals surface area contributed by atoms with Crippen LogP contribution < -0.4 is 5.32 Å². The Morgan fingerprint density at radius 2 is 1.85 bits per heavy atom. The minimum atomic E-state index is -4.50. The number of nitrogens with one attached hydrogen (secondary N) is 1. The molecule has 2 aromatic carbocycles. The molecule has 1 heterocycles. The first-order valence-corrected chi connectivity index (χ1v) is 12.0. The average Bonchev–Trinajstić information content (AvgIpc) is 3.17. The van der Waals surface area contributed by atoms with Crippen LogP contribution in [-0.4, -0.2) is 38.8 Å². The molecule has 0 saturated heterocycles. The lowest BCUT2D eigenvalue weighted by Gasteiger charge is -2.13. The van der Waals surface area contributed by atoms with Gasteiger partial charge in [0.1, 0.15) is 5.82 Å². The standard InChI is InChI=1S/C22H20F3IN4O2S/c1-14(31)27-11-3-6-20-28-29-21(33-13-19(32)15-7-9-17(26)10-8-15)30(20)18-5-2-4-16(12-18)22(23,24)25/h2,4-5,7-10,12H,3,6,11,13H2,1H3,(H,27,31). The number of nitrogens with zero attached hydrogens (tertiary/aromatic N) is 3. The van der Waals surface area contributed by atoms with Crippen molar-refractivity contribution in [2.75, 3.05) is 12.3 Å². The Hall–Kier alpha value is -2.41. The zero-order valence-corrected chi connectivity index (χ0v) is 20.5. The monoisotopic (exact) mass is 588 g/mol. The molecule has 174 valence electrons. The number of amides is 1. The van der Waals surface area contributed by atoms with E-state index in [1.165, 1.54) is 17.6 Å². The first-order valence-electron chi connectivity index (χ1n) is 9.93. The Balaban J connectivity index is 1.86. The Morgan fingerprint density at radius 3 is 2.52 bits per heavy atom. The smallest absolute Gasteiger partial charge is 0.356 e. The molecule has 11 heteroatoms. The van der Waals surface area contributed by atoms with Crippen molar-refractivity contribution in [2.24, 2.45) is 0 Å². The van der Waals surface area contributed by atoms with Crippen molar-refractivity contribution in [3.63, 3.8) is 0 Å². The normalized spacial score (nSPS) is 11.4. The molecule has 0 saturated carbocycles. The molecule has 0 aliphatic heterocycles. The van der Waals surface area contributed by atoms with Crippen LogP contribution in [0.25, 0.3) is 5.69 Å². The summed E-state index contributed by atoms with van der Waals surface area (Å²) < 4.78 is 42.4. The van der Waals surface area contributed by atoms with Gasteiger partial charge < -0.3 is 5.32 Å². The number of ketones is 1. The molecule has 1 amide bonds. The van der Waals surface area contributed by atoms with Gasteiger partial charge in [-0.25, -0.2) is 0 Å². The molecule has 1 aromatic heterocycles. The predicted octanol–water partition coefficient (Wildman–Crippen LogP) is 4.93. The van der Waals surface area contributed by atoms with E-state index in [1.807, 2.05) is 12.1 Å². The molecule has 0 radical (unpaired) electrons. The van der Waals surface area contributed by atoms with E-state index in [1.54, 1.807) is 18.2 Å². The molecule has 0 aliphatic carbocycles. The zero-order chi connectivity index (χ0) is 24.0. The van der Waals surface area contributed by atoms with Crippen LogP contribution in [-0.2, 0) is 17.4 Å². The second-order valence-electron chi connectivity index (χ2n) is 7.09. The van der Waals surface area contributed by atoms with Gasteiger partial charge in [0.2, 0.25) is 5.91 Å². The highest BCUT2D eigenvalue weighted by Gasteiger charge is 2.31. The van der Waals surface area contributed by atoms with Crippen molar-refractivity contribution in [3.05, 3.63) is 69.1 Å². The molecule has 33 heavy (non-hydrogen) atoms. The van der Waals surface area contributed by atoms with Gasteiger partial charge in [-0.05, 0) is 59.3 Å². The molecule has 0 spiro atoms. The summed E-state index contributed by atoms with van der Waals surface area (Å²) in [6.07, 6.45) is -3.58. The third-order valence-corrected chi connectivity index (χ3v) is 6.23. The minimum absolute atomic E-state index is 0.0591. The van der Waals surface area contributed by atoms with E-state index < -0.39 is 11.7 Å². The van der Waals surface area contributed by atoms with Gasteiger partial charge >= 0.3 is 6.18 Å². The number of hydrogen-bond donors (Lipinski definition) is 1. The number of Topliss-reactive ketones (excluding diaryl/α,β-unsaturated/α-hetero) is 1. The average molecular weight is 588 g/mol. The number of carbonyl (C=O) groups excluding carboxylic acids is 2. The minimum Gasteiger partial charge on any atom is -0.356 e. The van der Waals surface area contributed by atoms with Crippen LogP contribution in [0.1, 0.15) is 35.1 Å². The number of hydrogen-bond acceptors (Lipinski definition) is 5. The molecule has 0 aliphatic rings. The van der Waals surface area contributed by atoms with Crippen LogP contribution >= 0.6 is 34.4 Å². The molecule has 3 rings (SSSR count). The molecule has 0 unspecified atom stereocenters. The second kappa shape index (κ2) is 11.1. The summed E-state index contributed by atoms with van der Waals surface area (Å²) in [4.78, 5) is 23.7. The van der Waals surface area contributed by atoms with Gasteiger partial charge in [-0.15, -0.1) is 10.2 Å². The molecule has 0 atom stereocenters. The highest BCUT2D eigenvalue weighted by Crippen LogP contribution is 2.32. The van der Waals surface area contributed by atoms with Gasteiger partial charge in [0.15, 0.2) is 10.9 Å². The van der Waals surface area contributed by atoms with Crippen LogP contribution in [0.15, 0.2) is 53.7 Å². The third-order valence-electron chi connectivity index (χ3n) is 4.58. The fourth-order valence-corrected chi connectivity index (χ4v) is 4.22. The van der Waals surface area contributed by atoms with Crippen LogP contribution in [0.2, 0.25) is 0 Å². The van der Waals surface area contributed by atoms with Crippen LogP contribution in [0.3, 0.4) is 0 Å². The van der Waals surface area contributed by atoms with Crippen LogP contribution in [0, 0.1) is 3.57 Å². The topological polar surface area (TPSA) is 76.9 Å². The summed E-state index contributed by atoms with van der Waals surface area (Å²) >= 11 is 3.26. The highest BCUT2D eigenvalue weighted by atomic mass is 127. The summed E-state index contributed by atoms with van der Waals surface area (Å²) in [5.74, 6) is 0.217. The largest absolute Gasteiger partial charge is 0.416 e. The number of thioether (sulfide) groups is 1. The maximum Gasteiger partial charge on any atom is 0.416 e. The van der Waals surface area contributed by atoms with E-state index in [4.69, 9.17) is 0 Å². The number of benzene rings is 2. The van der Waals surface area contributed by atoms with Gasteiger partial charge in [-0.2, -0.15) is 13.2 Å². The number of rotatable bonds is 9. The van der Waals surface area contributed by atoms with Gasteiger partial charge in [0.25, 0.3) is 0 Å². The fourth-order valence-electron chi connectivity index (χ4n) is 3.00. The molecular weight excluding hydrogens is 568 g/mol. The van der Waals surface area contributed by atoms with Crippen molar-refractivity contribution >= 4 is 46.0 Å². The van der Waals surface area contributed by atoms with Gasteiger partial charge in [0, 0.05) is 34.7 Å². The van der Waals surface area contributed by atoms with Crippen LogP contribution in [0.4, 0.5) is 13.2 Å². The zero-order valence-electron chi connectivity index (χ0n) is 17.5. The number of aryl methyl sites for hydroxylation is 1. The van der Waals surface area contributed by atoms with Gasteiger partial charge in [0.05, 0.1) is 11.3 Å². The van der Waals surface area contributed by atoms with Gasteiger partial charge in [-0.3, -0.25) is 14.2 Å². The van der Waals surface area contributed by atoms with E-state index in [9.17, 15) is 22.8 Å². The molecule has 3 aromatic rings. The first-order chi connectivity index (χ1) is 15.6. The van der Waals surface area contributed by atoms with E-state index in [2.05, 4.69) is 38.1 Å². The van der Waals surface area contributed by atoms with Crippen molar-refractivity contribution in [1.82, 2.24) is 20.1 Å². The number of halogens is 4. The Kier molecular flexibility index (Phi) is 8.51. The Labute approximate surface area is 206 Å². The molecular formula is C22H20F3IN4O2S. The lowest BCUT2D eigenvalue weighted by atomic mass is 10.2. The van der Waals surface area contributed by atoms with Crippen molar-refractivity contribution in [2.45, 2.75) is 31.1 Å². The Bertz CT molecular complexity index is 1130. The Morgan fingerprint density at radius 1 is 1.12 bits per heavy atom. The fraction of sp³-hybridized carbons (Fsp3) is 0.273.